The quantitative estimate of drug-likeness (QED) is 0.570. The maximum Gasteiger partial charge on any atom is 0.0280 e. The van der Waals surface area contributed by atoms with Gasteiger partial charge in [0.1, 0.15) is 0 Å². The maximum atomic E-state index is 5.55. The van der Waals surface area contributed by atoms with Gasteiger partial charge in [-0.25, -0.2) is 0 Å². The minimum absolute atomic E-state index is 0.0128. The highest BCUT2D eigenvalue weighted by molar-refractivity contribution is 5.24. The molecule has 0 aromatic heterocycles. The standard InChI is InChI=1S/C8H14N2/c1-3-4-5-8(6-9)7(2)10/h3-7H,1,9-10H2,2H3/b5-4-,8-6+. The molecule has 0 heterocycles. The van der Waals surface area contributed by atoms with Crippen LogP contribution in [0.2, 0.25) is 0 Å². The van der Waals surface area contributed by atoms with Crippen molar-refractivity contribution in [3.05, 3.63) is 36.6 Å². The van der Waals surface area contributed by atoms with Crippen LogP contribution in [0.15, 0.2) is 36.6 Å². The average Bonchev–Trinajstić information content (AvgIpc) is 1.89. The van der Waals surface area contributed by atoms with Gasteiger partial charge in [0, 0.05) is 6.04 Å². The van der Waals surface area contributed by atoms with Crippen LogP contribution in [0.1, 0.15) is 6.92 Å². The molecule has 0 saturated carbocycles. The molecule has 0 bridgehead atoms. The summed E-state index contributed by atoms with van der Waals surface area (Å²) in [5, 5.41) is 0. The van der Waals surface area contributed by atoms with Crippen molar-refractivity contribution in [2.75, 3.05) is 0 Å². The van der Waals surface area contributed by atoms with Crippen LogP contribution in [0.4, 0.5) is 0 Å². The second kappa shape index (κ2) is 4.82. The summed E-state index contributed by atoms with van der Waals surface area (Å²) < 4.78 is 0. The Labute approximate surface area is 61.9 Å². The zero-order chi connectivity index (χ0) is 7.98. The van der Waals surface area contributed by atoms with Crippen LogP contribution >= 0.6 is 0 Å². The Hall–Kier alpha value is -1.02. The van der Waals surface area contributed by atoms with Crippen LogP contribution in [0, 0.1) is 0 Å². The first kappa shape index (κ1) is 8.98. The molecule has 1 atom stereocenters. The highest BCUT2D eigenvalue weighted by atomic mass is 14.6. The molecule has 0 aliphatic rings. The van der Waals surface area contributed by atoms with E-state index in [2.05, 4.69) is 6.58 Å². The van der Waals surface area contributed by atoms with Crippen molar-refractivity contribution in [2.24, 2.45) is 11.5 Å². The van der Waals surface area contributed by atoms with Gasteiger partial charge in [0.05, 0.1) is 0 Å². The summed E-state index contributed by atoms with van der Waals surface area (Å²) in [5.74, 6) is 0. The normalized spacial score (nSPS) is 15.6. The van der Waals surface area contributed by atoms with Gasteiger partial charge in [-0.3, -0.25) is 0 Å². The molecule has 4 N–H and O–H groups in total. The molecule has 1 unspecified atom stereocenters. The summed E-state index contributed by atoms with van der Waals surface area (Å²) in [4.78, 5) is 0. The van der Waals surface area contributed by atoms with E-state index >= 15 is 0 Å². The molecule has 10 heavy (non-hydrogen) atoms. The van der Waals surface area contributed by atoms with Crippen LogP contribution < -0.4 is 11.5 Å². The minimum Gasteiger partial charge on any atom is -0.404 e. The number of allylic oxidation sites excluding steroid dienone is 2. The molecule has 0 aromatic carbocycles. The maximum absolute atomic E-state index is 5.55. The topological polar surface area (TPSA) is 52.0 Å². The third-order valence-electron chi connectivity index (χ3n) is 1.14. The predicted molar refractivity (Wildman–Crippen MR) is 45.3 cm³/mol. The van der Waals surface area contributed by atoms with Crippen LogP contribution in [-0.4, -0.2) is 6.04 Å². The van der Waals surface area contributed by atoms with E-state index in [1.54, 1.807) is 6.08 Å². The average molecular weight is 138 g/mol. The zero-order valence-electron chi connectivity index (χ0n) is 6.25. The van der Waals surface area contributed by atoms with Gasteiger partial charge in [0.25, 0.3) is 0 Å². The van der Waals surface area contributed by atoms with E-state index in [-0.39, 0.29) is 6.04 Å². The molecule has 0 aliphatic carbocycles. The van der Waals surface area contributed by atoms with E-state index in [1.807, 2.05) is 19.1 Å². The Morgan fingerprint density at radius 3 is 2.50 bits per heavy atom. The molecule has 2 heteroatoms. The van der Waals surface area contributed by atoms with E-state index < -0.39 is 0 Å². The summed E-state index contributed by atoms with van der Waals surface area (Å²) in [5.41, 5.74) is 11.8. The summed E-state index contributed by atoms with van der Waals surface area (Å²) in [6.07, 6.45) is 6.84. The molecule has 2 nitrogen and oxygen atoms in total. The fraction of sp³-hybridized carbons (Fsp3) is 0.250. The Bertz CT molecular complexity index is 155. The fourth-order valence-corrected chi connectivity index (χ4v) is 0.538. The third-order valence-corrected chi connectivity index (χ3v) is 1.14. The highest BCUT2D eigenvalue weighted by Crippen LogP contribution is 1.98. The minimum atomic E-state index is -0.0128. The van der Waals surface area contributed by atoms with E-state index in [0.29, 0.717) is 0 Å². The van der Waals surface area contributed by atoms with Crippen molar-refractivity contribution < 1.29 is 0 Å². The molecule has 0 aliphatic heterocycles. The van der Waals surface area contributed by atoms with Gasteiger partial charge >= 0.3 is 0 Å². The Balaban J connectivity index is 4.10. The lowest BCUT2D eigenvalue weighted by Gasteiger charge is -2.03. The lowest BCUT2D eigenvalue weighted by molar-refractivity contribution is 0.881. The van der Waals surface area contributed by atoms with Gasteiger partial charge in [-0.05, 0) is 18.7 Å². The number of hydrogen-bond acceptors (Lipinski definition) is 2. The third kappa shape index (κ3) is 3.10. The predicted octanol–water partition coefficient (Wildman–Crippen LogP) is 0.918. The Kier molecular flexibility index (Phi) is 4.33. The fourth-order valence-electron chi connectivity index (χ4n) is 0.538. The number of rotatable bonds is 3. The van der Waals surface area contributed by atoms with Crippen molar-refractivity contribution in [1.82, 2.24) is 0 Å². The molecule has 56 valence electrons. The lowest BCUT2D eigenvalue weighted by Crippen LogP contribution is -2.17. The van der Waals surface area contributed by atoms with Crippen molar-refractivity contribution in [3.8, 4) is 0 Å². The van der Waals surface area contributed by atoms with Gasteiger partial charge in [0.2, 0.25) is 0 Å². The molecule has 0 fully saturated rings. The van der Waals surface area contributed by atoms with Crippen molar-refractivity contribution in [3.63, 3.8) is 0 Å². The first-order chi connectivity index (χ1) is 4.72. The molecule has 0 saturated heterocycles. The monoisotopic (exact) mass is 138 g/mol. The summed E-state index contributed by atoms with van der Waals surface area (Å²) in [7, 11) is 0. The van der Waals surface area contributed by atoms with Crippen molar-refractivity contribution in [1.29, 1.82) is 0 Å². The molecule has 0 radical (unpaired) electrons. The van der Waals surface area contributed by atoms with E-state index in [1.165, 1.54) is 6.20 Å². The SMILES string of the molecule is C=C/C=C\C(=C/N)C(C)N. The Morgan fingerprint density at radius 2 is 2.20 bits per heavy atom. The molecule has 0 aromatic rings. The molecular formula is C8H14N2. The van der Waals surface area contributed by atoms with E-state index in [4.69, 9.17) is 11.5 Å². The van der Waals surface area contributed by atoms with Gasteiger partial charge in [-0.15, -0.1) is 0 Å². The van der Waals surface area contributed by atoms with Crippen LogP contribution in [-0.2, 0) is 0 Å². The lowest BCUT2D eigenvalue weighted by atomic mass is 10.1. The largest absolute Gasteiger partial charge is 0.404 e. The van der Waals surface area contributed by atoms with Crippen molar-refractivity contribution >= 4 is 0 Å². The Morgan fingerprint density at radius 1 is 1.60 bits per heavy atom. The second-order valence-corrected chi connectivity index (χ2v) is 2.05. The van der Waals surface area contributed by atoms with Gasteiger partial charge in [0.15, 0.2) is 0 Å². The zero-order valence-corrected chi connectivity index (χ0v) is 6.25. The van der Waals surface area contributed by atoms with Gasteiger partial charge in [-0.2, -0.15) is 0 Å². The van der Waals surface area contributed by atoms with E-state index in [0.717, 1.165) is 5.57 Å². The molecule has 0 amide bonds. The van der Waals surface area contributed by atoms with Gasteiger partial charge < -0.3 is 11.5 Å². The molecule has 0 rings (SSSR count). The molecular weight excluding hydrogens is 124 g/mol. The summed E-state index contributed by atoms with van der Waals surface area (Å²) in [6, 6.07) is -0.0128. The first-order valence-corrected chi connectivity index (χ1v) is 3.18. The summed E-state index contributed by atoms with van der Waals surface area (Å²) in [6.45, 7) is 5.41. The first-order valence-electron chi connectivity index (χ1n) is 3.18. The van der Waals surface area contributed by atoms with E-state index in [9.17, 15) is 0 Å². The van der Waals surface area contributed by atoms with Gasteiger partial charge in [-0.1, -0.05) is 24.8 Å². The van der Waals surface area contributed by atoms with Crippen LogP contribution in [0.25, 0.3) is 0 Å². The smallest absolute Gasteiger partial charge is 0.0280 e. The highest BCUT2D eigenvalue weighted by Gasteiger charge is 1.95. The summed E-state index contributed by atoms with van der Waals surface area (Å²) >= 11 is 0. The second-order valence-electron chi connectivity index (χ2n) is 2.05. The van der Waals surface area contributed by atoms with Crippen LogP contribution in [0.3, 0.4) is 0 Å². The molecule has 0 spiro atoms. The number of hydrogen-bond donors (Lipinski definition) is 2. The van der Waals surface area contributed by atoms with Crippen molar-refractivity contribution in [2.45, 2.75) is 13.0 Å². The number of nitrogens with two attached hydrogens (primary N) is 2. The van der Waals surface area contributed by atoms with Crippen LogP contribution in [0.5, 0.6) is 0 Å².